The Morgan fingerprint density at radius 2 is 1.90 bits per heavy atom. The second kappa shape index (κ2) is 6.03. The van der Waals surface area contributed by atoms with Crippen LogP contribution in [0, 0.1) is 10.8 Å². The standard InChI is InChI=1S/C18H31NO/c1-17(2,3)15-8-11-20-16(12-15)13-18(4,5)14-6-9-19-10-7-14/h6,12,16,19H,7-11,13H2,1-5H3. The second-order valence-corrected chi connectivity index (χ2v) is 7.87. The van der Waals surface area contributed by atoms with Crippen LogP contribution in [0.15, 0.2) is 23.3 Å². The minimum Gasteiger partial charge on any atom is -0.374 e. The highest BCUT2D eigenvalue weighted by atomic mass is 16.5. The molecule has 0 saturated heterocycles. The van der Waals surface area contributed by atoms with Gasteiger partial charge in [0.2, 0.25) is 0 Å². The van der Waals surface area contributed by atoms with E-state index < -0.39 is 0 Å². The summed E-state index contributed by atoms with van der Waals surface area (Å²) in [6.07, 6.45) is 8.41. The zero-order chi connectivity index (χ0) is 14.8. The lowest BCUT2D eigenvalue weighted by atomic mass is 9.75. The van der Waals surface area contributed by atoms with Crippen LogP contribution >= 0.6 is 0 Å². The van der Waals surface area contributed by atoms with Crippen molar-refractivity contribution in [2.75, 3.05) is 19.7 Å². The van der Waals surface area contributed by atoms with E-state index in [1.54, 1.807) is 11.1 Å². The molecule has 0 aromatic rings. The Kier molecular flexibility index (Phi) is 4.76. The smallest absolute Gasteiger partial charge is 0.0766 e. The maximum absolute atomic E-state index is 6.01. The molecule has 0 saturated carbocycles. The lowest BCUT2D eigenvalue weighted by Gasteiger charge is -2.36. The molecule has 114 valence electrons. The minimum atomic E-state index is 0.240. The van der Waals surface area contributed by atoms with Crippen LogP contribution in [0.2, 0.25) is 0 Å². The van der Waals surface area contributed by atoms with Gasteiger partial charge in [0, 0.05) is 6.54 Å². The third-order valence-corrected chi connectivity index (χ3v) is 4.70. The number of hydrogen-bond acceptors (Lipinski definition) is 2. The van der Waals surface area contributed by atoms with Crippen LogP contribution in [-0.4, -0.2) is 25.8 Å². The molecule has 0 spiro atoms. The van der Waals surface area contributed by atoms with Gasteiger partial charge in [-0.25, -0.2) is 0 Å². The van der Waals surface area contributed by atoms with Crippen molar-refractivity contribution in [3.05, 3.63) is 23.3 Å². The van der Waals surface area contributed by atoms with Gasteiger partial charge in [0.1, 0.15) is 0 Å². The van der Waals surface area contributed by atoms with Crippen LogP contribution < -0.4 is 5.32 Å². The molecule has 0 aliphatic carbocycles. The van der Waals surface area contributed by atoms with Crippen molar-refractivity contribution in [3.8, 4) is 0 Å². The van der Waals surface area contributed by atoms with Crippen molar-refractivity contribution < 1.29 is 4.74 Å². The first-order valence-electron chi connectivity index (χ1n) is 8.02. The largest absolute Gasteiger partial charge is 0.374 e. The fourth-order valence-electron chi connectivity index (χ4n) is 3.29. The van der Waals surface area contributed by atoms with Crippen LogP contribution in [0.3, 0.4) is 0 Å². The van der Waals surface area contributed by atoms with Crippen molar-refractivity contribution in [1.82, 2.24) is 5.32 Å². The summed E-state index contributed by atoms with van der Waals surface area (Å²) in [7, 11) is 0. The summed E-state index contributed by atoms with van der Waals surface area (Å²) in [6, 6.07) is 0. The molecule has 2 aliphatic heterocycles. The molecule has 0 aromatic carbocycles. The maximum atomic E-state index is 6.01. The molecule has 0 radical (unpaired) electrons. The number of nitrogens with one attached hydrogen (secondary N) is 1. The molecule has 1 N–H and O–H groups in total. The van der Waals surface area contributed by atoms with Crippen molar-refractivity contribution >= 4 is 0 Å². The number of ether oxygens (including phenoxy) is 1. The molecule has 0 fully saturated rings. The summed E-state index contributed by atoms with van der Waals surface area (Å²) in [6.45, 7) is 14.7. The molecule has 0 amide bonds. The van der Waals surface area contributed by atoms with Crippen molar-refractivity contribution in [1.29, 1.82) is 0 Å². The molecule has 2 heterocycles. The molecular formula is C18H31NO. The van der Waals surface area contributed by atoms with Crippen LogP contribution in [-0.2, 0) is 4.74 Å². The first-order chi connectivity index (χ1) is 9.29. The molecule has 2 aliphatic rings. The Bertz CT molecular complexity index is 398. The van der Waals surface area contributed by atoms with Gasteiger partial charge in [-0.1, -0.05) is 57.9 Å². The van der Waals surface area contributed by atoms with E-state index in [0.29, 0.717) is 0 Å². The summed E-state index contributed by atoms with van der Waals surface area (Å²) in [5.74, 6) is 0. The molecule has 20 heavy (non-hydrogen) atoms. The van der Waals surface area contributed by atoms with Gasteiger partial charge in [-0.3, -0.25) is 0 Å². The molecular weight excluding hydrogens is 246 g/mol. The van der Waals surface area contributed by atoms with Crippen molar-refractivity contribution in [3.63, 3.8) is 0 Å². The van der Waals surface area contributed by atoms with E-state index in [9.17, 15) is 0 Å². The van der Waals surface area contributed by atoms with Gasteiger partial charge in [0.25, 0.3) is 0 Å². The molecule has 0 bridgehead atoms. The summed E-state index contributed by atoms with van der Waals surface area (Å²) in [5, 5.41) is 3.40. The Morgan fingerprint density at radius 1 is 1.15 bits per heavy atom. The van der Waals surface area contributed by atoms with E-state index in [1.165, 1.54) is 6.42 Å². The second-order valence-electron chi connectivity index (χ2n) is 7.87. The highest BCUT2D eigenvalue weighted by Gasteiger charge is 2.30. The highest BCUT2D eigenvalue weighted by Crippen LogP contribution is 2.38. The molecule has 2 rings (SSSR count). The first-order valence-corrected chi connectivity index (χ1v) is 8.02. The van der Waals surface area contributed by atoms with Crippen LogP contribution in [0.1, 0.15) is 53.9 Å². The third kappa shape index (κ3) is 3.95. The van der Waals surface area contributed by atoms with E-state index >= 15 is 0 Å². The predicted octanol–water partition coefficient (Wildman–Crippen LogP) is 4.08. The Labute approximate surface area is 124 Å². The lowest BCUT2D eigenvalue weighted by Crippen LogP contribution is -2.31. The Balaban J connectivity index is 2.07. The Hall–Kier alpha value is -0.600. The average molecular weight is 277 g/mol. The van der Waals surface area contributed by atoms with Gasteiger partial charge < -0.3 is 10.1 Å². The first kappa shape index (κ1) is 15.8. The quantitative estimate of drug-likeness (QED) is 0.785. The summed E-state index contributed by atoms with van der Waals surface area (Å²) >= 11 is 0. The lowest BCUT2D eigenvalue weighted by molar-refractivity contribution is 0.0472. The summed E-state index contributed by atoms with van der Waals surface area (Å²) in [5.41, 5.74) is 3.67. The Morgan fingerprint density at radius 3 is 2.50 bits per heavy atom. The minimum absolute atomic E-state index is 0.240. The van der Waals surface area contributed by atoms with Gasteiger partial charge in [-0.15, -0.1) is 0 Å². The fraction of sp³-hybridized carbons (Fsp3) is 0.778. The zero-order valence-corrected chi connectivity index (χ0v) is 13.9. The SMILES string of the molecule is CC(C)(C)C1=CC(CC(C)(C)C2=CCNCC2)OCC1. The topological polar surface area (TPSA) is 21.3 Å². The van der Waals surface area contributed by atoms with E-state index in [-0.39, 0.29) is 16.9 Å². The van der Waals surface area contributed by atoms with E-state index in [1.807, 2.05) is 0 Å². The number of hydrogen-bond donors (Lipinski definition) is 1. The maximum Gasteiger partial charge on any atom is 0.0766 e. The molecule has 2 nitrogen and oxygen atoms in total. The van der Waals surface area contributed by atoms with E-state index in [0.717, 1.165) is 32.5 Å². The van der Waals surface area contributed by atoms with Crippen LogP contribution in [0.5, 0.6) is 0 Å². The predicted molar refractivity (Wildman–Crippen MR) is 85.9 cm³/mol. The van der Waals surface area contributed by atoms with E-state index in [2.05, 4.69) is 52.1 Å². The van der Waals surface area contributed by atoms with Crippen molar-refractivity contribution in [2.24, 2.45) is 10.8 Å². The normalized spacial score (nSPS) is 25.1. The van der Waals surface area contributed by atoms with Gasteiger partial charge in [-0.2, -0.15) is 0 Å². The fourth-order valence-corrected chi connectivity index (χ4v) is 3.29. The number of rotatable bonds is 3. The third-order valence-electron chi connectivity index (χ3n) is 4.70. The summed E-state index contributed by atoms with van der Waals surface area (Å²) in [4.78, 5) is 0. The summed E-state index contributed by atoms with van der Waals surface area (Å²) < 4.78 is 6.01. The van der Waals surface area contributed by atoms with Gasteiger partial charge in [0.15, 0.2) is 0 Å². The van der Waals surface area contributed by atoms with Crippen LogP contribution in [0.4, 0.5) is 0 Å². The van der Waals surface area contributed by atoms with Gasteiger partial charge >= 0.3 is 0 Å². The molecule has 1 atom stereocenters. The average Bonchev–Trinajstić information content (AvgIpc) is 2.38. The monoisotopic (exact) mass is 277 g/mol. The zero-order valence-electron chi connectivity index (χ0n) is 13.9. The van der Waals surface area contributed by atoms with E-state index in [4.69, 9.17) is 4.74 Å². The van der Waals surface area contributed by atoms with Crippen LogP contribution in [0.25, 0.3) is 0 Å². The van der Waals surface area contributed by atoms with Crippen molar-refractivity contribution in [2.45, 2.75) is 60.0 Å². The van der Waals surface area contributed by atoms with Gasteiger partial charge in [-0.05, 0) is 36.6 Å². The van der Waals surface area contributed by atoms with Gasteiger partial charge in [0.05, 0.1) is 12.7 Å². The molecule has 0 aromatic heterocycles. The molecule has 2 heteroatoms. The highest BCUT2D eigenvalue weighted by molar-refractivity contribution is 5.20. The molecule has 1 unspecified atom stereocenters.